The van der Waals surface area contributed by atoms with Crippen molar-refractivity contribution in [3.63, 3.8) is 0 Å². The molecule has 0 N–H and O–H groups in total. The first-order valence-corrected chi connectivity index (χ1v) is 10.8. The van der Waals surface area contributed by atoms with Crippen LogP contribution in [-0.4, -0.2) is 38.9 Å². The monoisotopic (exact) mass is 404 g/mol. The minimum atomic E-state index is -4.09. The number of carbonyl (C=O) groups is 1. The van der Waals surface area contributed by atoms with E-state index in [-0.39, 0.29) is 16.5 Å². The number of halogens is 1. The van der Waals surface area contributed by atoms with Crippen molar-refractivity contribution in [1.29, 1.82) is 0 Å². The van der Waals surface area contributed by atoms with E-state index in [9.17, 15) is 17.6 Å². The number of hydrogen-bond acceptors (Lipinski definition) is 3. The van der Waals surface area contributed by atoms with Crippen LogP contribution in [0.3, 0.4) is 0 Å². The van der Waals surface area contributed by atoms with E-state index in [2.05, 4.69) is 6.92 Å². The fourth-order valence-corrected chi connectivity index (χ4v) is 4.69. The Bertz CT molecular complexity index is 936. The second kappa shape index (κ2) is 8.31. The summed E-state index contributed by atoms with van der Waals surface area (Å²) in [6, 6.07) is 11.9. The molecule has 2 aromatic rings. The third-order valence-corrected chi connectivity index (χ3v) is 6.92. The van der Waals surface area contributed by atoms with Gasteiger partial charge in [0, 0.05) is 13.1 Å². The quantitative estimate of drug-likeness (QED) is 0.765. The maximum atomic E-state index is 14.5. The first kappa shape index (κ1) is 20.3. The summed E-state index contributed by atoms with van der Waals surface area (Å²) in [5, 5.41) is 0. The minimum Gasteiger partial charge on any atom is -0.341 e. The van der Waals surface area contributed by atoms with E-state index in [1.807, 2.05) is 6.92 Å². The number of anilines is 1. The van der Waals surface area contributed by atoms with Crippen molar-refractivity contribution >= 4 is 21.6 Å². The van der Waals surface area contributed by atoms with Crippen molar-refractivity contribution in [2.24, 2.45) is 5.92 Å². The van der Waals surface area contributed by atoms with Gasteiger partial charge in [0.05, 0.1) is 10.6 Å². The Kier molecular flexibility index (Phi) is 6.03. The Labute approximate surface area is 165 Å². The van der Waals surface area contributed by atoms with Crippen LogP contribution in [0.4, 0.5) is 10.1 Å². The van der Waals surface area contributed by atoms with Gasteiger partial charge in [0.25, 0.3) is 10.0 Å². The number of carbonyl (C=O) groups excluding carboxylic acids is 1. The summed E-state index contributed by atoms with van der Waals surface area (Å²) >= 11 is 0. The largest absolute Gasteiger partial charge is 0.341 e. The lowest BCUT2D eigenvalue weighted by molar-refractivity contribution is -0.130. The highest BCUT2D eigenvalue weighted by Gasteiger charge is 2.31. The molecule has 1 aliphatic heterocycles. The first-order chi connectivity index (χ1) is 13.3. The number of benzene rings is 2. The lowest BCUT2D eigenvalue weighted by Crippen LogP contribution is -2.46. The second-order valence-corrected chi connectivity index (χ2v) is 9.20. The van der Waals surface area contributed by atoms with Crippen molar-refractivity contribution in [3.8, 4) is 0 Å². The summed E-state index contributed by atoms with van der Waals surface area (Å²) < 4.78 is 41.9. The third-order valence-electron chi connectivity index (χ3n) is 5.15. The normalized spacial score (nSPS) is 15.5. The molecule has 1 fully saturated rings. The lowest BCUT2D eigenvalue weighted by atomic mass is 9.99. The van der Waals surface area contributed by atoms with E-state index in [0.717, 1.165) is 22.7 Å². The zero-order valence-corrected chi connectivity index (χ0v) is 17.0. The zero-order valence-electron chi connectivity index (χ0n) is 16.1. The molecule has 3 rings (SSSR count). The predicted octanol–water partition coefficient (Wildman–Crippen LogP) is 3.59. The van der Waals surface area contributed by atoms with Crippen molar-refractivity contribution in [2.45, 2.75) is 31.6 Å². The first-order valence-electron chi connectivity index (χ1n) is 9.41. The molecule has 28 heavy (non-hydrogen) atoms. The Morgan fingerprint density at radius 1 is 1.11 bits per heavy atom. The maximum Gasteiger partial charge on any atom is 0.264 e. The number of piperidine rings is 1. The number of amides is 1. The van der Waals surface area contributed by atoms with Gasteiger partial charge >= 0.3 is 0 Å². The van der Waals surface area contributed by atoms with Gasteiger partial charge in [-0.05, 0) is 49.9 Å². The summed E-state index contributed by atoms with van der Waals surface area (Å²) in [6.45, 7) is 4.75. The van der Waals surface area contributed by atoms with Crippen molar-refractivity contribution in [3.05, 3.63) is 59.9 Å². The molecule has 0 bridgehead atoms. The van der Waals surface area contributed by atoms with Crippen LogP contribution in [0.1, 0.15) is 25.3 Å². The van der Waals surface area contributed by atoms with Crippen LogP contribution in [0.15, 0.2) is 53.4 Å². The van der Waals surface area contributed by atoms with Crippen molar-refractivity contribution in [2.75, 3.05) is 23.9 Å². The molecule has 0 aliphatic carbocycles. The van der Waals surface area contributed by atoms with Gasteiger partial charge in [-0.3, -0.25) is 9.10 Å². The number of sulfonamides is 1. The second-order valence-electron chi connectivity index (χ2n) is 7.34. The molecular weight excluding hydrogens is 379 g/mol. The SMILES string of the molecule is Cc1ccc(S(=O)(=O)N(CC(=O)N2CCC(C)CC2)c2ccccc2F)cc1. The van der Waals surface area contributed by atoms with Gasteiger partial charge < -0.3 is 4.90 Å². The molecule has 0 saturated carbocycles. The minimum absolute atomic E-state index is 0.0291. The summed E-state index contributed by atoms with van der Waals surface area (Å²) in [6.07, 6.45) is 1.77. The molecule has 0 aromatic heterocycles. The third kappa shape index (κ3) is 4.35. The maximum absolute atomic E-state index is 14.5. The zero-order chi connectivity index (χ0) is 20.3. The van der Waals surface area contributed by atoms with Crippen LogP contribution in [0.5, 0.6) is 0 Å². The van der Waals surface area contributed by atoms with Crippen LogP contribution in [0.25, 0.3) is 0 Å². The number of likely N-dealkylation sites (tertiary alicyclic amines) is 1. The van der Waals surface area contributed by atoms with Gasteiger partial charge in [0.1, 0.15) is 12.4 Å². The molecule has 150 valence electrons. The van der Waals surface area contributed by atoms with E-state index in [0.29, 0.717) is 19.0 Å². The Morgan fingerprint density at radius 2 is 1.71 bits per heavy atom. The van der Waals surface area contributed by atoms with Crippen LogP contribution >= 0.6 is 0 Å². The summed E-state index contributed by atoms with van der Waals surface area (Å²) in [4.78, 5) is 14.5. The number of nitrogens with zero attached hydrogens (tertiary/aromatic N) is 2. The van der Waals surface area contributed by atoms with E-state index in [4.69, 9.17) is 0 Å². The van der Waals surface area contributed by atoms with Gasteiger partial charge in [-0.25, -0.2) is 12.8 Å². The predicted molar refractivity (Wildman–Crippen MR) is 107 cm³/mol. The molecule has 0 atom stereocenters. The molecule has 2 aromatic carbocycles. The Hall–Kier alpha value is -2.41. The molecule has 5 nitrogen and oxygen atoms in total. The fraction of sp³-hybridized carbons (Fsp3) is 0.381. The Morgan fingerprint density at radius 3 is 2.32 bits per heavy atom. The highest BCUT2D eigenvalue weighted by atomic mass is 32.2. The molecule has 1 saturated heterocycles. The average molecular weight is 405 g/mol. The summed E-state index contributed by atoms with van der Waals surface area (Å²) in [5.74, 6) is -0.452. The van der Waals surface area contributed by atoms with Gasteiger partial charge in [0.2, 0.25) is 5.91 Å². The lowest BCUT2D eigenvalue weighted by Gasteiger charge is -2.32. The molecule has 1 amide bonds. The fourth-order valence-electron chi connectivity index (χ4n) is 3.27. The number of rotatable bonds is 5. The highest BCUT2D eigenvalue weighted by Crippen LogP contribution is 2.27. The van der Waals surface area contributed by atoms with Gasteiger partial charge in [-0.2, -0.15) is 0 Å². The number of aryl methyl sites for hydroxylation is 1. The van der Waals surface area contributed by atoms with E-state index in [1.165, 1.54) is 30.3 Å². The van der Waals surface area contributed by atoms with E-state index >= 15 is 0 Å². The van der Waals surface area contributed by atoms with Gasteiger partial charge in [-0.1, -0.05) is 36.8 Å². The molecule has 1 aliphatic rings. The molecule has 0 spiro atoms. The van der Waals surface area contributed by atoms with Crippen LogP contribution in [0, 0.1) is 18.7 Å². The molecule has 7 heteroatoms. The number of para-hydroxylation sites is 1. The average Bonchev–Trinajstić information content (AvgIpc) is 2.67. The van der Waals surface area contributed by atoms with Crippen molar-refractivity contribution < 1.29 is 17.6 Å². The molecular formula is C21H25FN2O3S. The molecule has 0 radical (unpaired) electrons. The highest BCUT2D eigenvalue weighted by molar-refractivity contribution is 7.92. The van der Waals surface area contributed by atoms with E-state index < -0.39 is 22.4 Å². The Balaban J connectivity index is 1.95. The molecule has 0 unspecified atom stereocenters. The van der Waals surface area contributed by atoms with Crippen LogP contribution in [0.2, 0.25) is 0 Å². The molecule has 1 heterocycles. The topological polar surface area (TPSA) is 57.7 Å². The van der Waals surface area contributed by atoms with Gasteiger partial charge in [-0.15, -0.1) is 0 Å². The van der Waals surface area contributed by atoms with Crippen molar-refractivity contribution in [1.82, 2.24) is 4.90 Å². The smallest absolute Gasteiger partial charge is 0.264 e. The van der Waals surface area contributed by atoms with Gasteiger partial charge in [0.15, 0.2) is 0 Å². The van der Waals surface area contributed by atoms with Crippen LogP contribution < -0.4 is 4.31 Å². The van der Waals surface area contributed by atoms with Crippen LogP contribution in [-0.2, 0) is 14.8 Å². The number of hydrogen-bond donors (Lipinski definition) is 0. The summed E-state index contributed by atoms with van der Waals surface area (Å²) in [7, 11) is -4.09. The van der Waals surface area contributed by atoms with E-state index in [1.54, 1.807) is 23.1 Å². The summed E-state index contributed by atoms with van der Waals surface area (Å²) in [5.41, 5.74) is 0.789. The standard InChI is InChI=1S/C21H25FN2O3S/c1-16-7-9-18(10-8-16)28(26,27)24(20-6-4-3-5-19(20)22)15-21(25)23-13-11-17(2)12-14-23/h3-10,17H,11-15H2,1-2H3.